The Morgan fingerprint density at radius 2 is 1.93 bits per heavy atom. The minimum atomic E-state index is -0.302. The van der Waals surface area contributed by atoms with Gasteiger partial charge in [0.2, 0.25) is 0 Å². The van der Waals surface area contributed by atoms with Crippen LogP contribution in [0.25, 0.3) is 0 Å². The minimum Gasteiger partial charge on any atom is -0.300 e. The molecule has 1 aromatic rings. The number of ketones is 1. The van der Waals surface area contributed by atoms with Crippen LogP contribution in [0.1, 0.15) is 36.0 Å². The first-order valence-corrected chi connectivity index (χ1v) is 5.01. The molecule has 0 heterocycles. The second kappa shape index (κ2) is 4.75. The molecule has 0 saturated carbocycles. The van der Waals surface area contributed by atoms with Crippen molar-refractivity contribution in [1.82, 2.24) is 0 Å². The van der Waals surface area contributed by atoms with E-state index >= 15 is 0 Å². The van der Waals surface area contributed by atoms with Crippen LogP contribution in [0.5, 0.6) is 0 Å². The number of carbonyl (C=O) groups excluding carboxylic acids is 1. The van der Waals surface area contributed by atoms with Gasteiger partial charge >= 0.3 is 0 Å². The Morgan fingerprint density at radius 1 is 1.40 bits per heavy atom. The second-order valence-electron chi connectivity index (χ2n) is 3.89. The van der Waals surface area contributed by atoms with Crippen molar-refractivity contribution in [2.24, 2.45) is 0 Å². The molecule has 1 aromatic carbocycles. The fourth-order valence-corrected chi connectivity index (χ4v) is 1.88. The van der Waals surface area contributed by atoms with Crippen LogP contribution in [0.15, 0.2) is 18.2 Å². The highest BCUT2D eigenvalue weighted by Gasteiger charge is 2.16. The number of carbonyl (C=O) groups is 1. The van der Waals surface area contributed by atoms with Gasteiger partial charge in [-0.3, -0.25) is 4.79 Å². The molecule has 0 aliphatic carbocycles. The van der Waals surface area contributed by atoms with E-state index in [2.05, 4.69) is 6.07 Å². The zero-order chi connectivity index (χ0) is 11.4. The van der Waals surface area contributed by atoms with E-state index in [1.807, 2.05) is 32.0 Å². The van der Waals surface area contributed by atoms with E-state index in [0.29, 0.717) is 6.42 Å². The lowest BCUT2D eigenvalue weighted by atomic mass is 9.88. The number of hydrogen-bond donors (Lipinski definition) is 0. The number of rotatable bonds is 3. The number of hydrogen-bond acceptors (Lipinski definition) is 2. The predicted octanol–water partition coefficient (Wildman–Crippen LogP) is 2.89. The largest absolute Gasteiger partial charge is 0.300 e. The van der Waals surface area contributed by atoms with E-state index in [9.17, 15) is 4.79 Å². The van der Waals surface area contributed by atoms with E-state index < -0.39 is 0 Å². The van der Waals surface area contributed by atoms with Gasteiger partial charge in [-0.25, -0.2) is 0 Å². The normalized spacial score (nSPS) is 11.9. The quantitative estimate of drug-likeness (QED) is 0.754. The molecule has 2 heteroatoms. The Kier molecular flexibility index (Phi) is 3.62. The Hall–Kier alpha value is -1.62. The molecule has 0 fully saturated rings. The highest BCUT2D eigenvalue weighted by molar-refractivity contribution is 5.77. The SMILES string of the molecule is CC(=O)CC(C#N)c1c(C)cccc1C. The van der Waals surface area contributed by atoms with Gasteiger partial charge in [0, 0.05) is 6.42 Å². The van der Waals surface area contributed by atoms with E-state index in [-0.39, 0.29) is 11.7 Å². The van der Waals surface area contributed by atoms with Crippen LogP contribution in [0.4, 0.5) is 0 Å². The molecular formula is C13H15NO. The highest BCUT2D eigenvalue weighted by atomic mass is 16.1. The summed E-state index contributed by atoms with van der Waals surface area (Å²) in [4.78, 5) is 11.1. The number of benzene rings is 1. The highest BCUT2D eigenvalue weighted by Crippen LogP contribution is 2.26. The summed E-state index contributed by atoms with van der Waals surface area (Å²) in [5, 5.41) is 9.08. The molecule has 0 N–H and O–H groups in total. The van der Waals surface area contributed by atoms with Gasteiger partial charge in [0.15, 0.2) is 0 Å². The van der Waals surface area contributed by atoms with Gasteiger partial charge in [-0.05, 0) is 37.5 Å². The average Bonchev–Trinajstić information content (AvgIpc) is 2.15. The number of nitrogens with zero attached hydrogens (tertiary/aromatic N) is 1. The smallest absolute Gasteiger partial charge is 0.131 e. The Bertz CT molecular complexity index is 395. The molecule has 1 rings (SSSR count). The van der Waals surface area contributed by atoms with E-state index in [0.717, 1.165) is 16.7 Å². The first-order valence-electron chi connectivity index (χ1n) is 5.01. The lowest BCUT2D eigenvalue weighted by Crippen LogP contribution is -2.05. The van der Waals surface area contributed by atoms with Crippen LogP contribution in [-0.4, -0.2) is 5.78 Å². The lowest BCUT2D eigenvalue weighted by molar-refractivity contribution is -0.117. The standard InChI is InChI=1S/C13H15NO/c1-9-5-4-6-10(2)13(9)12(8-14)7-11(3)15/h4-6,12H,7H2,1-3H3. The van der Waals surface area contributed by atoms with Crippen molar-refractivity contribution >= 4 is 5.78 Å². The predicted molar refractivity (Wildman–Crippen MR) is 59.6 cm³/mol. The zero-order valence-corrected chi connectivity index (χ0v) is 9.37. The van der Waals surface area contributed by atoms with Crippen molar-refractivity contribution in [2.75, 3.05) is 0 Å². The summed E-state index contributed by atoms with van der Waals surface area (Å²) >= 11 is 0. The molecule has 0 amide bonds. The molecule has 0 aliphatic rings. The van der Waals surface area contributed by atoms with Crippen LogP contribution >= 0.6 is 0 Å². The molecule has 15 heavy (non-hydrogen) atoms. The van der Waals surface area contributed by atoms with Crippen molar-refractivity contribution in [3.05, 3.63) is 34.9 Å². The van der Waals surface area contributed by atoms with E-state index in [1.165, 1.54) is 6.92 Å². The van der Waals surface area contributed by atoms with E-state index in [4.69, 9.17) is 5.26 Å². The summed E-state index contributed by atoms with van der Waals surface area (Å²) in [6, 6.07) is 8.14. The number of nitriles is 1. The van der Waals surface area contributed by atoms with Crippen molar-refractivity contribution in [3.8, 4) is 6.07 Å². The molecule has 0 aromatic heterocycles. The third-order valence-corrected chi connectivity index (χ3v) is 2.54. The summed E-state index contributed by atoms with van der Waals surface area (Å²) in [5.74, 6) is -0.243. The first-order chi connectivity index (χ1) is 7.06. The molecule has 1 unspecified atom stereocenters. The van der Waals surface area contributed by atoms with Crippen molar-refractivity contribution < 1.29 is 4.79 Å². The van der Waals surface area contributed by atoms with Crippen molar-refractivity contribution in [2.45, 2.75) is 33.1 Å². The van der Waals surface area contributed by atoms with Crippen LogP contribution in [0, 0.1) is 25.2 Å². The first kappa shape index (κ1) is 11.5. The molecule has 0 radical (unpaired) electrons. The fourth-order valence-electron chi connectivity index (χ4n) is 1.88. The summed E-state index contributed by atoms with van der Waals surface area (Å²) < 4.78 is 0. The maximum atomic E-state index is 11.1. The van der Waals surface area contributed by atoms with Gasteiger partial charge in [0.1, 0.15) is 5.78 Å². The van der Waals surface area contributed by atoms with Gasteiger partial charge in [-0.2, -0.15) is 5.26 Å². The van der Waals surface area contributed by atoms with Gasteiger partial charge in [0.05, 0.1) is 12.0 Å². The third kappa shape index (κ3) is 2.66. The molecule has 0 aliphatic heterocycles. The Balaban J connectivity index is 3.13. The van der Waals surface area contributed by atoms with Crippen LogP contribution in [0.2, 0.25) is 0 Å². The zero-order valence-electron chi connectivity index (χ0n) is 9.37. The summed E-state index contributed by atoms with van der Waals surface area (Å²) in [6.07, 6.45) is 0.308. The van der Waals surface area contributed by atoms with Crippen LogP contribution in [0.3, 0.4) is 0 Å². The monoisotopic (exact) mass is 201 g/mol. The number of Topliss-reactive ketones (excluding diaryl/α,β-unsaturated/α-hetero) is 1. The molecule has 0 bridgehead atoms. The summed E-state index contributed by atoms with van der Waals surface area (Å²) in [7, 11) is 0. The van der Waals surface area contributed by atoms with Gasteiger partial charge < -0.3 is 0 Å². The van der Waals surface area contributed by atoms with Crippen LogP contribution < -0.4 is 0 Å². The third-order valence-electron chi connectivity index (χ3n) is 2.54. The Labute approximate surface area is 90.5 Å². The van der Waals surface area contributed by atoms with Gasteiger partial charge in [-0.15, -0.1) is 0 Å². The fraction of sp³-hybridized carbons (Fsp3) is 0.385. The second-order valence-corrected chi connectivity index (χ2v) is 3.89. The van der Waals surface area contributed by atoms with Gasteiger partial charge in [0.25, 0.3) is 0 Å². The molecule has 0 saturated heterocycles. The molecule has 2 nitrogen and oxygen atoms in total. The van der Waals surface area contributed by atoms with E-state index in [1.54, 1.807) is 0 Å². The Morgan fingerprint density at radius 3 is 2.33 bits per heavy atom. The molecule has 78 valence electrons. The van der Waals surface area contributed by atoms with Crippen LogP contribution in [-0.2, 0) is 4.79 Å². The average molecular weight is 201 g/mol. The maximum absolute atomic E-state index is 11.1. The maximum Gasteiger partial charge on any atom is 0.131 e. The van der Waals surface area contributed by atoms with Gasteiger partial charge in [-0.1, -0.05) is 18.2 Å². The molecular weight excluding hydrogens is 186 g/mol. The summed E-state index contributed by atoms with van der Waals surface area (Å²) in [6.45, 7) is 5.48. The van der Waals surface area contributed by atoms with Crippen molar-refractivity contribution in [3.63, 3.8) is 0 Å². The van der Waals surface area contributed by atoms with Crippen molar-refractivity contribution in [1.29, 1.82) is 5.26 Å². The lowest BCUT2D eigenvalue weighted by Gasteiger charge is -2.13. The minimum absolute atomic E-state index is 0.0594. The number of aryl methyl sites for hydroxylation is 2. The molecule has 0 spiro atoms. The molecule has 1 atom stereocenters. The topological polar surface area (TPSA) is 40.9 Å². The summed E-state index contributed by atoms with van der Waals surface area (Å²) in [5.41, 5.74) is 3.18.